The molecule has 0 saturated heterocycles. The Labute approximate surface area is 97.0 Å². The molecule has 1 atom stereocenters. The van der Waals surface area contributed by atoms with Gasteiger partial charge in [0.2, 0.25) is 0 Å². The molecule has 0 fully saturated rings. The fourth-order valence-corrected chi connectivity index (χ4v) is 1.46. The van der Waals surface area contributed by atoms with E-state index < -0.39 is 0 Å². The number of aliphatic hydroxyl groups is 1. The van der Waals surface area contributed by atoms with Gasteiger partial charge < -0.3 is 14.6 Å². The maximum absolute atomic E-state index is 9.38. The Morgan fingerprint density at radius 1 is 1.25 bits per heavy atom. The van der Waals surface area contributed by atoms with Gasteiger partial charge >= 0.3 is 0 Å². The third-order valence-electron chi connectivity index (χ3n) is 2.30. The summed E-state index contributed by atoms with van der Waals surface area (Å²) >= 11 is 0. The second kappa shape index (κ2) is 8.28. The van der Waals surface area contributed by atoms with Crippen molar-refractivity contribution in [3.8, 4) is 0 Å². The standard InChI is InChI=1S/C13H20O3/c1-15-11-13(14)8-5-9-16-10-12-6-3-2-4-7-12/h2-4,6-7,13-14H,5,8-11H2,1H3. The van der Waals surface area contributed by atoms with E-state index in [0.717, 1.165) is 12.8 Å². The van der Waals surface area contributed by atoms with Gasteiger partial charge in [0.15, 0.2) is 0 Å². The Balaban J connectivity index is 2.00. The summed E-state index contributed by atoms with van der Waals surface area (Å²) in [5.41, 5.74) is 1.18. The van der Waals surface area contributed by atoms with Crippen molar-refractivity contribution in [2.45, 2.75) is 25.6 Å². The first-order chi connectivity index (χ1) is 7.83. The molecule has 0 aromatic heterocycles. The highest BCUT2D eigenvalue weighted by Gasteiger charge is 2.02. The number of rotatable bonds is 8. The Hall–Kier alpha value is -0.900. The van der Waals surface area contributed by atoms with Crippen molar-refractivity contribution in [3.05, 3.63) is 35.9 Å². The number of benzene rings is 1. The SMILES string of the molecule is COCC(O)CCCOCc1ccccc1. The third-order valence-corrected chi connectivity index (χ3v) is 2.30. The average Bonchev–Trinajstić information content (AvgIpc) is 2.30. The van der Waals surface area contributed by atoms with Gasteiger partial charge in [-0.2, -0.15) is 0 Å². The van der Waals surface area contributed by atoms with Gasteiger partial charge in [0.1, 0.15) is 0 Å². The molecule has 1 aromatic rings. The molecular weight excluding hydrogens is 204 g/mol. The van der Waals surface area contributed by atoms with Crippen LogP contribution in [-0.2, 0) is 16.1 Å². The van der Waals surface area contributed by atoms with Crippen LogP contribution in [-0.4, -0.2) is 31.5 Å². The highest BCUT2D eigenvalue weighted by molar-refractivity contribution is 5.13. The summed E-state index contributed by atoms with van der Waals surface area (Å²) in [5.74, 6) is 0. The van der Waals surface area contributed by atoms with Gasteiger partial charge in [-0.25, -0.2) is 0 Å². The second-order valence-electron chi connectivity index (χ2n) is 3.79. The summed E-state index contributed by atoms with van der Waals surface area (Å²) in [6.07, 6.45) is 1.21. The van der Waals surface area contributed by atoms with Crippen LogP contribution >= 0.6 is 0 Å². The van der Waals surface area contributed by atoms with Crippen molar-refractivity contribution < 1.29 is 14.6 Å². The largest absolute Gasteiger partial charge is 0.391 e. The maximum Gasteiger partial charge on any atom is 0.0774 e. The van der Waals surface area contributed by atoms with Crippen LogP contribution in [0.25, 0.3) is 0 Å². The summed E-state index contributed by atoms with van der Waals surface area (Å²) in [6, 6.07) is 10.1. The van der Waals surface area contributed by atoms with E-state index in [4.69, 9.17) is 9.47 Å². The minimum absolute atomic E-state index is 0.370. The van der Waals surface area contributed by atoms with Gasteiger partial charge in [0, 0.05) is 13.7 Å². The molecule has 0 bridgehead atoms. The van der Waals surface area contributed by atoms with Gasteiger partial charge in [-0.15, -0.1) is 0 Å². The molecule has 0 aliphatic rings. The van der Waals surface area contributed by atoms with Crippen molar-refractivity contribution in [1.29, 1.82) is 0 Å². The maximum atomic E-state index is 9.38. The summed E-state index contributed by atoms with van der Waals surface area (Å²) in [4.78, 5) is 0. The Kier molecular flexibility index (Phi) is 6.81. The third kappa shape index (κ3) is 5.85. The molecule has 16 heavy (non-hydrogen) atoms. The van der Waals surface area contributed by atoms with Crippen LogP contribution in [0.2, 0.25) is 0 Å². The lowest BCUT2D eigenvalue weighted by Gasteiger charge is -2.09. The number of hydrogen-bond donors (Lipinski definition) is 1. The predicted molar refractivity (Wildman–Crippen MR) is 63.2 cm³/mol. The van der Waals surface area contributed by atoms with Crippen molar-refractivity contribution >= 4 is 0 Å². The van der Waals surface area contributed by atoms with E-state index in [0.29, 0.717) is 19.8 Å². The first kappa shape index (κ1) is 13.2. The van der Waals surface area contributed by atoms with Gasteiger partial charge in [0.25, 0.3) is 0 Å². The number of aliphatic hydroxyl groups excluding tert-OH is 1. The number of hydrogen-bond acceptors (Lipinski definition) is 3. The van der Waals surface area contributed by atoms with Crippen molar-refractivity contribution in [2.24, 2.45) is 0 Å². The Morgan fingerprint density at radius 2 is 2.00 bits per heavy atom. The van der Waals surface area contributed by atoms with Crippen LogP contribution in [0.15, 0.2) is 30.3 Å². The normalized spacial score (nSPS) is 12.6. The fourth-order valence-electron chi connectivity index (χ4n) is 1.46. The van der Waals surface area contributed by atoms with Crippen LogP contribution < -0.4 is 0 Å². The molecule has 1 unspecified atom stereocenters. The van der Waals surface area contributed by atoms with Crippen LogP contribution in [0.1, 0.15) is 18.4 Å². The average molecular weight is 224 g/mol. The van der Waals surface area contributed by atoms with E-state index in [1.807, 2.05) is 30.3 Å². The zero-order valence-electron chi connectivity index (χ0n) is 9.76. The van der Waals surface area contributed by atoms with Gasteiger partial charge in [-0.1, -0.05) is 30.3 Å². The lowest BCUT2D eigenvalue weighted by atomic mass is 10.2. The predicted octanol–water partition coefficient (Wildman–Crippen LogP) is 1.99. The molecule has 0 spiro atoms. The van der Waals surface area contributed by atoms with E-state index in [9.17, 15) is 5.11 Å². The summed E-state index contributed by atoms with van der Waals surface area (Å²) in [6.45, 7) is 1.72. The molecule has 0 heterocycles. The molecule has 1 aromatic carbocycles. The fraction of sp³-hybridized carbons (Fsp3) is 0.538. The van der Waals surface area contributed by atoms with Crippen LogP contribution in [0, 0.1) is 0 Å². The molecule has 0 amide bonds. The summed E-state index contributed by atoms with van der Waals surface area (Å²) in [5, 5.41) is 9.38. The highest BCUT2D eigenvalue weighted by atomic mass is 16.5. The van der Waals surface area contributed by atoms with Crippen LogP contribution in [0.4, 0.5) is 0 Å². The number of methoxy groups -OCH3 is 1. The molecule has 0 radical (unpaired) electrons. The van der Waals surface area contributed by atoms with Gasteiger partial charge in [-0.3, -0.25) is 0 Å². The minimum Gasteiger partial charge on any atom is -0.391 e. The molecule has 0 saturated carbocycles. The lowest BCUT2D eigenvalue weighted by molar-refractivity contribution is 0.0467. The Morgan fingerprint density at radius 3 is 2.69 bits per heavy atom. The molecule has 1 rings (SSSR count). The van der Waals surface area contributed by atoms with E-state index in [2.05, 4.69) is 0 Å². The van der Waals surface area contributed by atoms with E-state index in [1.165, 1.54) is 5.56 Å². The first-order valence-corrected chi connectivity index (χ1v) is 5.61. The Bertz CT molecular complexity index is 261. The lowest BCUT2D eigenvalue weighted by Crippen LogP contribution is -2.14. The monoisotopic (exact) mass is 224 g/mol. The highest BCUT2D eigenvalue weighted by Crippen LogP contribution is 2.03. The van der Waals surface area contributed by atoms with Gasteiger partial charge in [0.05, 0.1) is 19.3 Å². The zero-order chi connectivity index (χ0) is 11.6. The van der Waals surface area contributed by atoms with E-state index >= 15 is 0 Å². The molecule has 3 heteroatoms. The number of ether oxygens (including phenoxy) is 2. The summed E-state index contributed by atoms with van der Waals surface area (Å²) < 4.78 is 10.3. The second-order valence-corrected chi connectivity index (χ2v) is 3.79. The molecular formula is C13H20O3. The van der Waals surface area contributed by atoms with Crippen molar-refractivity contribution in [1.82, 2.24) is 0 Å². The van der Waals surface area contributed by atoms with E-state index in [1.54, 1.807) is 7.11 Å². The molecule has 0 aliphatic heterocycles. The first-order valence-electron chi connectivity index (χ1n) is 5.61. The topological polar surface area (TPSA) is 38.7 Å². The van der Waals surface area contributed by atoms with Crippen LogP contribution in [0.3, 0.4) is 0 Å². The smallest absolute Gasteiger partial charge is 0.0774 e. The van der Waals surface area contributed by atoms with E-state index in [-0.39, 0.29) is 6.10 Å². The minimum atomic E-state index is -0.370. The molecule has 1 N–H and O–H groups in total. The molecule has 3 nitrogen and oxygen atoms in total. The molecule has 90 valence electrons. The van der Waals surface area contributed by atoms with Gasteiger partial charge in [-0.05, 0) is 18.4 Å². The quantitative estimate of drug-likeness (QED) is 0.686. The zero-order valence-corrected chi connectivity index (χ0v) is 9.76. The summed E-state index contributed by atoms with van der Waals surface area (Å²) in [7, 11) is 1.59. The van der Waals surface area contributed by atoms with Crippen LogP contribution in [0.5, 0.6) is 0 Å². The van der Waals surface area contributed by atoms with Crippen molar-refractivity contribution in [3.63, 3.8) is 0 Å². The van der Waals surface area contributed by atoms with Crippen molar-refractivity contribution in [2.75, 3.05) is 20.3 Å². The molecule has 0 aliphatic carbocycles.